The van der Waals surface area contributed by atoms with Gasteiger partial charge in [0, 0.05) is 32.7 Å². The van der Waals surface area contributed by atoms with Crippen LogP contribution >= 0.6 is 0 Å². The number of rotatable bonds is 5. The Bertz CT molecular complexity index is 521. The lowest BCUT2D eigenvalue weighted by Gasteiger charge is -2.37. The molecule has 1 atom stereocenters. The number of nitrogens with one attached hydrogen (secondary N) is 1. The number of hydrogen-bond donors (Lipinski definition) is 1. The van der Waals surface area contributed by atoms with Crippen LogP contribution in [0.3, 0.4) is 0 Å². The fraction of sp³-hybridized carbons (Fsp3) is 0.938. The molecule has 6 nitrogen and oxygen atoms in total. The molecule has 1 aliphatic rings. The predicted molar refractivity (Wildman–Crippen MR) is 93.2 cm³/mol. The maximum Gasteiger partial charge on any atom is 0.281 e. The van der Waals surface area contributed by atoms with E-state index in [1.807, 2.05) is 13.8 Å². The van der Waals surface area contributed by atoms with Gasteiger partial charge in [0.15, 0.2) is 0 Å². The molecule has 1 heterocycles. The second-order valence-electron chi connectivity index (χ2n) is 8.60. The van der Waals surface area contributed by atoms with Crippen LogP contribution in [-0.4, -0.2) is 55.7 Å². The zero-order valence-electron chi connectivity index (χ0n) is 15.6. The highest BCUT2D eigenvalue weighted by atomic mass is 32.2. The molecule has 1 fully saturated rings. The van der Waals surface area contributed by atoms with Crippen LogP contribution in [0.4, 0.5) is 0 Å². The van der Waals surface area contributed by atoms with E-state index in [9.17, 15) is 13.2 Å². The van der Waals surface area contributed by atoms with Crippen LogP contribution in [0.15, 0.2) is 0 Å². The molecule has 0 spiro atoms. The first-order valence-electron chi connectivity index (χ1n) is 8.24. The summed E-state index contributed by atoms with van der Waals surface area (Å²) in [6, 6.07) is 0. The summed E-state index contributed by atoms with van der Waals surface area (Å²) in [6.45, 7) is 11.2. The average Bonchev–Trinajstić information content (AvgIpc) is 2.35. The largest absolute Gasteiger partial charge is 0.351 e. The average molecular weight is 348 g/mol. The second-order valence-corrected chi connectivity index (χ2v) is 10.7. The van der Waals surface area contributed by atoms with Crippen molar-refractivity contribution in [2.45, 2.75) is 59.4 Å². The van der Waals surface area contributed by atoms with Gasteiger partial charge < -0.3 is 5.32 Å². The van der Waals surface area contributed by atoms with Gasteiger partial charge in [-0.2, -0.15) is 17.0 Å². The molecule has 0 unspecified atom stereocenters. The van der Waals surface area contributed by atoms with E-state index in [4.69, 9.17) is 0 Å². The SMILES string of the molecule is CN(C)S(=O)(=O)N1CCC[C@H](C(=O)NC(C)(C)CC(C)(C)C)C1. The van der Waals surface area contributed by atoms with E-state index in [1.54, 1.807) is 0 Å². The van der Waals surface area contributed by atoms with Gasteiger partial charge in [-0.05, 0) is 38.5 Å². The predicted octanol–water partition coefficient (Wildman–Crippen LogP) is 1.84. The highest BCUT2D eigenvalue weighted by Gasteiger charge is 2.35. The summed E-state index contributed by atoms with van der Waals surface area (Å²) in [5, 5.41) is 3.11. The van der Waals surface area contributed by atoms with Crippen LogP contribution in [0.25, 0.3) is 0 Å². The van der Waals surface area contributed by atoms with Crippen LogP contribution in [0.2, 0.25) is 0 Å². The highest BCUT2D eigenvalue weighted by molar-refractivity contribution is 7.86. The number of amides is 1. The number of carbonyl (C=O) groups is 1. The van der Waals surface area contributed by atoms with Crippen molar-refractivity contribution in [1.29, 1.82) is 0 Å². The van der Waals surface area contributed by atoms with E-state index in [0.717, 1.165) is 12.8 Å². The van der Waals surface area contributed by atoms with Crippen molar-refractivity contribution in [2.75, 3.05) is 27.2 Å². The zero-order valence-corrected chi connectivity index (χ0v) is 16.5. The number of piperidine rings is 1. The molecule has 136 valence electrons. The van der Waals surface area contributed by atoms with Gasteiger partial charge in [-0.3, -0.25) is 4.79 Å². The Morgan fingerprint density at radius 1 is 1.22 bits per heavy atom. The third-order valence-electron chi connectivity index (χ3n) is 3.98. The molecule has 1 N–H and O–H groups in total. The standard InChI is InChI=1S/C16H33N3O3S/c1-15(2,3)12-16(4,5)17-14(20)13-9-8-10-19(11-13)23(21,22)18(6)7/h13H,8-12H2,1-7H3,(H,17,20)/t13-/m0/s1. The summed E-state index contributed by atoms with van der Waals surface area (Å²) in [5.41, 5.74) is -0.193. The summed E-state index contributed by atoms with van der Waals surface area (Å²) >= 11 is 0. The van der Waals surface area contributed by atoms with E-state index in [2.05, 4.69) is 26.1 Å². The number of carbonyl (C=O) groups excluding carboxylic acids is 1. The summed E-state index contributed by atoms with van der Waals surface area (Å²) in [4.78, 5) is 12.6. The maximum absolute atomic E-state index is 12.6. The molecule has 1 saturated heterocycles. The maximum atomic E-state index is 12.6. The van der Waals surface area contributed by atoms with Crippen LogP contribution in [0, 0.1) is 11.3 Å². The lowest BCUT2D eigenvalue weighted by atomic mass is 9.81. The summed E-state index contributed by atoms with van der Waals surface area (Å²) in [6.07, 6.45) is 2.31. The van der Waals surface area contributed by atoms with Crippen molar-refractivity contribution >= 4 is 16.1 Å². The Morgan fingerprint density at radius 3 is 2.26 bits per heavy atom. The van der Waals surface area contributed by atoms with Gasteiger partial charge in [-0.15, -0.1) is 0 Å². The molecule has 23 heavy (non-hydrogen) atoms. The molecule has 0 radical (unpaired) electrons. The van der Waals surface area contributed by atoms with E-state index in [-0.39, 0.29) is 29.3 Å². The van der Waals surface area contributed by atoms with E-state index in [1.165, 1.54) is 22.7 Å². The first-order valence-corrected chi connectivity index (χ1v) is 9.64. The first kappa shape index (κ1) is 20.4. The monoisotopic (exact) mass is 347 g/mol. The van der Waals surface area contributed by atoms with Gasteiger partial charge in [0.2, 0.25) is 5.91 Å². The van der Waals surface area contributed by atoms with Crippen molar-refractivity contribution in [3.8, 4) is 0 Å². The first-order chi connectivity index (χ1) is 10.2. The van der Waals surface area contributed by atoms with Crippen molar-refractivity contribution in [3.63, 3.8) is 0 Å². The Hall–Kier alpha value is -0.660. The minimum Gasteiger partial charge on any atom is -0.351 e. The third kappa shape index (κ3) is 6.04. The molecule has 0 aromatic rings. The molecule has 1 aliphatic heterocycles. The van der Waals surface area contributed by atoms with Crippen LogP contribution in [0.5, 0.6) is 0 Å². The van der Waals surface area contributed by atoms with Crippen molar-refractivity contribution in [2.24, 2.45) is 11.3 Å². The zero-order chi connectivity index (χ0) is 18.1. The lowest BCUT2D eigenvalue weighted by Crippen LogP contribution is -2.53. The van der Waals surface area contributed by atoms with Gasteiger partial charge in [-0.1, -0.05) is 20.8 Å². The van der Waals surface area contributed by atoms with Crippen molar-refractivity contribution in [1.82, 2.24) is 13.9 Å². The second kappa shape index (κ2) is 7.07. The van der Waals surface area contributed by atoms with Crippen molar-refractivity contribution < 1.29 is 13.2 Å². The van der Waals surface area contributed by atoms with Gasteiger partial charge in [0.25, 0.3) is 10.2 Å². The molecule has 7 heteroatoms. The van der Waals surface area contributed by atoms with E-state index < -0.39 is 10.2 Å². The Balaban J connectivity index is 2.74. The lowest BCUT2D eigenvalue weighted by molar-refractivity contribution is -0.128. The third-order valence-corrected chi connectivity index (χ3v) is 5.88. The Morgan fingerprint density at radius 2 is 1.78 bits per heavy atom. The molecular formula is C16H33N3O3S. The molecule has 0 aliphatic carbocycles. The molecule has 1 rings (SSSR count). The molecule has 0 bridgehead atoms. The minimum atomic E-state index is -3.45. The summed E-state index contributed by atoms with van der Waals surface area (Å²) in [7, 11) is -0.414. The van der Waals surface area contributed by atoms with Gasteiger partial charge in [0.1, 0.15) is 0 Å². The van der Waals surface area contributed by atoms with Crippen LogP contribution in [-0.2, 0) is 15.0 Å². The minimum absolute atomic E-state index is 0.0436. The van der Waals surface area contributed by atoms with E-state index >= 15 is 0 Å². The Labute approximate surface area is 141 Å². The quantitative estimate of drug-likeness (QED) is 0.825. The molecule has 0 aromatic carbocycles. The number of nitrogens with zero attached hydrogens (tertiary/aromatic N) is 2. The number of hydrogen-bond acceptors (Lipinski definition) is 3. The fourth-order valence-electron chi connectivity index (χ4n) is 3.40. The molecular weight excluding hydrogens is 314 g/mol. The molecule has 1 amide bonds. The van der Waals surface area contributed by atoms with Crippen LogP contribution in [0.1, 0.15) is 53.9 Å². The summed E-state index contributed by atoms with van der Waals surface area (Å²) in [5.74, 6) is -0.323. The smallest absolute Gasteiger partial charge is 0.281 e. The summed E-state index contributed by atoms with van der Waals surface area (Å²) < 4.78 is 27.1. The Kier molecular flexibility index (Phi) is 6.27. The van der Waals surface area contributed by atoms with Gasteiger partial charge in [0.05, 0.1) is 5.92 Å². The van der Waals surface area contributed by atoms with Crippen LogP contribution < -0.4 is 5.32 Å². The highest BCUT2D eigenvalue weighted by Crippen LogP contribution is 2.28. The van der Waals surface area contributed by atoms with Gasteiger partial charge >= 0.3 is 0 Å². The topological polar surface area (TPSA) is 69.7 Å². The van der Waals surface area contributed by atoms with E-state index in [0.29, 0.717) is 13.0 Å². The fourth-order valence-corrected chi connectivity index (χ4v) is 4.59. The van der Waals surface area contributed by atoms with Gasteiger partial charge in [-0.25, -0.2) is 0 Å². The normalized spacial score (nSPS) is 21.5. The van der Waals surface area contributed by atoms with Crippen molar-refractivity contribution in [3.05, 3.63) is 0 Å². The molecule has 0 saturated carbocycles. The molecule has 0 aromatic heterocycles.